The highest BCUT2D eigenvalue weighted by Gasteiger charge is 2.26. The quantitative estimate of drug-likeness (QED) is 0.145. The number of hydrogen-bond donors (Lipinski definition) is 0. The van der Waals surface area contributed by atoms with Crippen molar-refractivity contribution in [2.24, 2.45) is 0 Å². The van der Waals surface area contributed by atoms with Gasteiger partial charge in [-0.05, 0) is 150 Å². The third kappa shape index (κ3) is 8.03. The van der Waals surface area contributed by atoms with Crippen molar-refractivity contribution in [2.45, 2.75) is 109 Å². The molecule has 0 amide bonds. The first kappa shape index (κ1) is 37.8. The van der Waals surface area contributed by atoms with Crippen LogP contribution in [0, 0.1) is 106 Å². The van der Waals surface area contributed by atoms with Gasteiger partial charge in [-0.1, -0.05) is 70.8 Å². The van der Waals surface area contributed by atoms with Crippen LogP contribution < -0.4 is 9.80 Å². The number of hydrogen-bond acceptors (Lipinski definition) is 6. The largest absolute Gasteiger partial charge is 0.345 e. The van der Waals surface area contributed by atoms with Gasteiger partial charge in [0, 0.05) is 26.2 Å². The maximum Gasteiger partial charge on any atom is 0.185 e. The van der Waals surface area contributed by atoms with Gasteiger partial charge < -0.3 is 9.80 Å². The molecule has 0 unspecified atom stereocenters. The summed E-state index contributed by atoms with van der Waals surface area (Å²) in [5, 5.41) is 21.6. The summed E-state index contributed by atoms with van der Waals surface area (Å²) >= 11 is 0. The Labute approximate surface area is 311 Å². The molecule has 4 aromatic carbocycles. The van der Waals surface area contributed by atoms with E-state index in [0.717, 1.165) is 0 Å². The van der Waals surface area contributed by atoms with Crippen LogP contribution in [-0.4, -0.2) is 9.97 Å². The number of rotatable bonds is 10. The summed E-state index contributed by atoms with van der Waals surface area (Å²) < 4.78 is 0. The minimum Gasteiger partial charge on any atom is -0.345 e. The maximum atomic E-state index is 10.8. The first-order valence-electron chi connectivity index (χ1n) is 18.1. The molecule has 6 heteroatoms. The van der Waals surface area contributed by atoms with Crippen molar-refractivity contribution in [3.8, 4) is 12.1 Å². The van der Waals surface area contributed by atoms with E-state index in [9.17, 15) is 10.5 Å². The van der Waals surface area contributed by atoms with Crippen molar-refractivity contribution in [1.82, 2.24) is 9.97 Å². The molecule has 0 radical (unpaired) electrons. The fourth-order valence-electron chi connectivity index (χ4n) is 8.02. The zero-order chi connectivity index (χ0) is 38.0. The van der Waals surface area contributed by atoms with Gasteiger partial charge in [-0.2, -0.15) is 10.5 Å². The van der Waals surface area contributed by atoms with E-state index in [1.165, 1.54) is 89.0 Å². The molecular formula is C46H52N6. The van der Waals surface area contributed by atoms with Crippen LogP contribution in [-0.2, 0) is 26.2 Å². The molecule has 0 aliphatic carbocycles. The Kier molecular flexibility index (Phi) is 11.2. The average molecular weight is 689 g/mol. The molecule has 0 N–H and O–H groups in total. The Hall–Kier alpha value is -5.46. The van der Waals surface area contributed by atoms with E-state index in [0.29, 0.717) is 37.8 Å². The number of aryl methyl sites for hydroxylation is 12. The Bertz CT molecular complexity index is 1890. The molecule has 0 saturated heterocycles. The highest BCUT2D eigenvalue weighted by molar-refractivity contribution is 5.62. The second kappa shape index (κ2) is 15.4. The van der Waals surface area contributed by atoms with Crippen LogP contribution in [0.2, 0.25) is 0 Å². The summed E-state index contributed by atoms with van der Waals surface area (Å²) in [6.07, 6.45) is 0. The molecule has 266 valence electrons. The monoisotopic (exact) mass is 688 g/mol. The number of aromatic nitrogens is 2. The smallest absolute Gasteiger partial charge is 0.185 e. The van der Waals surface area contributed by atoms with Crippen molar-refractivity contribution >= 4 is 11.6 Å². The molecule has 5 aromatic rings. The van der Waals surface area contributed by atoms with Gasteiger partial charge in [0.25, 0.3) is 0 Å². The van der Waals surface area contributed by atoms with Gasteiger partial charge in [0.15, 0.2) is 23.0 Å². The van der Waals surface area contributed by atoms with Crippen LogP contribution in [0.25, 0.3) is 0 Å². The van der Waals surface area contributed by atoms with Gasteiger partial charge in [-0.3, -0.25) is 0 Å². The first-order valence-corrected chi connectivity index (χ1v) is 18.1. The van der Waals surface area contributed by atoms with E-state index in [2.05, 4.69) is 154 Å². The molecule has 0 spiro atoms. The van der Waals surface area contributed by atoms with Crippen LogP contribution in [0.4, 0.5) is 11.6 Å². The molecule has 0 aliphatic rings. The minimum absolute atomic E-state index is 0.207. The van der Waals surface area contributed by atoms with Crippen LogP contribution in [0.15, 0.2) is 48.5 Å². The topological polar surface area (TPSA) is 79.8 Å². The van der Waals surface area contributed by atoms with E-state index in [1.807, 2.05) is 0 Å². The second-order valence-electron chi connectivity index (χ2n) is 15.0. The zero-order valence-corrected chi connectivity index (χ0v) is 33.1. The predicted molar refractivity (Wildman–Crippen MR) is 214 cm³/mol. The molecule has 0 bridgehead atoms. The van der Waals surface area contributed by atoms with Gasteiger partial charge in [0.05, 0.1) is 0 Å². The summed E-state index contributed by atoms with van der Waals surface area (Å²) in [4.78, 5) is 14.4. The molecule has 5 rings (SSSR count). The molecule has 0 fully saturated rings. The van der Waals surface area contributed by atoms with Crippen LogP contribution in [0.1, 0.15) is 100 Å². The summed E-state index contributed by atoms with van der Waals surface area (Å²) in [5.41, 5.74) is 19.4. The highest BCUT2D eigenvalue weighted by Crippen LogP contribution is 2.32. The molecule has 1 heterocycles. The lowest BCUT2D eigenvalue weighted by Crippen LogP contribution is -2.30. The number of nitrogens with zero attached hydrogens (tertiary/aromatic N) is 6. The summed E-state index contributed by atoms with van der Waals surface area (Å²) in [6, 6.07) is 22.4. The van der Waals surface area contributed by atoms with Crippen LogP contribution >= 0.6 is 0 Å². The molecule has 52 heavy (non-hydrogen) atoms. The second-order valence-corrected chi connectivity index (χ2v) is 15.0. The molecule has 1 aromatic heterocycles. The average Bonchev–Trinajstić information content (AvgIpc) is 3.05. The molecule has 6 nitrogen and oxygen atoms in total. The van der Waals surface area contributed by atoms with E-state index >= 15 is 0 Å². The van der Waals surface area contributed by atoms with Crippen molar-refractivity contribution in [3.63, 3.8) is 0 Å². The van der Waals surface area contributed by atoms with Gasteiger partial charge in [0.2, 0.25) is 0 Å². The fraction of sp³-hybridized carbons (Fsp3) is 0.348. The highest BCUT2D eigenvalue weighted by atomic mass is 15.2. The first-order chi connectivity index (χ1) is 24.6. The van der Waals surface area contributed by atoms with Gasteiger partial charge >= 0.3 is 0 Å². The zero-order valence-electron chi connectivity index (χ0n) is 33.1. The number of anilines is 2. The Morgan fingerprint density at radius 2 is 0.577 bits per heavy atom. The van der Waals surface area contributed by atoms with Crippen molar-refractivity contribution in [2.75, 3.05) is 9.80 Å². The van der Waals surface area contributed by atoms with E-state index in [-0.39, 0.29) is 11.4 Å². The summed E-state index contributed by atoms with van der Waals surface area (Å²) in [6.45, 7) is 27.6. The number of nitriles is 2. The predicted octanol–water partition coefficient (Wildman–Crippen LogP) is 10.3. The molecule has 0 saturated carbocycles. The van der Waals surface area contributed by atoms with Crippen molar-refractivity contribution in [3.05, 3.63) is 149 Å². The normalized spacial score (nSPS) is 11.0. The minimum atomic E-state index is 0.207. The van der Waals surface area contributed by atoms with Gasteiger partial charge in [0.1, 0.15) is 12.1 Å². The Morgan fingerprint density at radius 1 is 0.385 bits per heavy atom. The van der Waals surface area contributed by atoms with E-state index in [4.69, 9.17) is 9.97 Å². The lowest BCUT2D eigenvalue weighted by Gasteiger charge is -2.31. The number of benzene rings is 4. The molecule has 0 aliphatic heterocycles. The maximum absolute atomic E-state index is 10.8. The Balaban J connectivity index is 1.72. The lowest BCUT2D eigenvalue weighted by atomic mass is 9.97. The molecular weight excluding hydrogens is 637 g/mol. The van der Waals surface area contributed by atoms with E-state index in [1.54, 1.807) is 0 Å². The van der Waals surface area contributed by atoms with E-state index < -0.39 is 0 Å². The standard InChI is InChI=1S/C46H52N6/c1-27-13-31(5)39(32(6)14-27)23-51(24-40-33(7)15-28(2)16-34(40)8)45-43(21-47)50-46(44(22-48)49-45)52(25-41-35(9)17-29(3)18-36(41)10)26-42-37(11)19-30(4)20-38(42)12/h13-20H,23-26H2,1-12H3. The molecule has 0 atom stereocenters. The lowest BCUT2D eigenvalue weighted by molar-refractivity contribution is 0.742. The summed E-state index contributed by atoms with van der Waals surface area (Å²) in [5.74, 6) is 0.846. The third-order valence-electron chi connectivity index (χ3n) is 10.4. The summed E-state index contributed by atoms with van der Waals surface area (Å²) in [7, 11) is 0. The fourth-order valence-corrected chi connectivity index (χ4v) is 8.02. The van der Waals surface area contributed by atoms with Crippen LogP contribution in [0.5, 0.6) is 0 Å². The van der Waals surface area contributed by atoms with Crippen molar-refractivity contribution < 1.29 is 0 Å². The Morgan fingerprint density at radius 3 is 0.750 bits per heavy atom. The SMILES string of the molecule is Cc1cc(C)c(CN(Cc2c(C)cc(C)cc2C)c2nc(C#N)c(N(Cc3c(C)cc(C)cc3C)Cc3c(C)cc(C)cc3C)nc2C#N)c(C)c1. The third-order valence-corrected chi connectivity index (χ3v) is 10.4. The van der Waals surface area contributed by atoms with Gasteiger partial charge in [-0.25, -0.2) is 9.97 Å². The van der Waals surface area contributed by atoms with Crippen LogP contribution in [0.3, 0.4) is 0 Å². The van der Waals surface area contributed by atoms with Crippen molar-refractivity contribution in [1.29, 1.82) is 10.5 Å². The van der Waals surface area contributed by atoms with Gasteiger partial charge in [-0.15, -0.1) is 0 Å².